The van der Waals surface area contributed by atoms with Gasteiger partial charge in [-0.15, -0.1) is 0 Å². The Morgan fingerprint density at radius 2 is 2.09 bits per heavy atom. The molecule has 0 radical (unpaired) electrons. The van der Waals surface area contributed by atoms with Crippen LogP contribution in [0.25, 0.3) is 0 Å². The van der Waals surface area contributed by atoms with Crippen LogP contribution in [-0.4, -0.2) is 43.0 Å². The van der Waals surface area contributed by atoms with Gasteiger partial charge < -0.3 is 15.0 Å². The lowest BCUT2D eigenvalue weighted by Gasteiger charge is -2.38. The molecule has 22 heavy (non-hydrogen) atoms. The standard InChI is InChI=1S/C16H21ClN2O3/c1-3-4-9-18-16(21)15-14(19(2)13(20)10-22-15)11-5-7-12(17)8-6-11/h5-8,14-15H,3-4,9-10H2,1-2H3,(H,18,21)/t14-,15-/m0/s1. The summed E-state index contributed by atoms with van der Waals surface area (Å²) in [5, 5.41) is 3.48. The van der Waals surface area contributed by atoms with E-state index in [-0.39, 0.29) is 18.4 Å². The Morgan fingerprint density at radius 1 is 1.41 bits per heavy atom. The lowest BCUT2D eigenvalue weighted by molar-refractivity contribution is -0.162. The second-order valence-electron chi connectivity index (χ2n) is 5.38. The highest BCUT2D eigenvalue weighted by Gasteiger charge is 2.39. The number of ether oxygens (including phenoxy) is 1. The molecule has 1 saturated heterocycles. The fourth-order valence-electron chi connectivity index (χ4n) is 2.48. The predicted octanol–water partition coefficient (Wildman–Crippen LogP) is 2.15. The quantitative estimate of drug-likeness (QED) is 0.844. The first-order chi connectivity index (χ1) is 10.5. The first kappa shape index (κ1) is 16.8. The molecule has 6 heteroatoms. The molecule has 1 heterocycles. The van der Waals surface area contributed by atoms with Crippen molar-refractivity contribution in [3.63, 3.8) is 0 Å². The molecule has 0 saturated carbocycles. The molecule has 0 aliphatic carbocycles. The summed E-state index contributed by atoms with van der Waals surface area (Å²) in [5.74, 6) is -0.328. The van der Waals surface area contributed by atoms with E-state index in [2.05, 4.69) is 12.2 Å². The number of carbonyl (C=O) groups excluding carboxylic acids is 2. The van der Waals surface area contributed by atoms with Gasteiger partial charge in [-0.05, 0) is 24.1 Å². The molecule has 2 rings (SSSR count). The van der Waals surface area contributed by atoms with Crippen LogP contribution in [0.15, 0.2) is 24.3 Å². The average Bonchev–Trinajstić information content (AvgIpc) is 2.51. The van der Waals surface area contributed by atoms with E-state index in [9.17, 15) is 9.59 Å². The van der Waals surface area contributed by atoms with Gasteiger partial charge in [0.2, 0.25) is 5.91 Å². The normalized spacial score (nSPS) is 21.8. The van der Waals surface area contributed by atoms with Gasteiger partial charge in [-0.1, -0.05) is 37.1 Å². The zero-order valence-corrected chi connectivity index (χ0v) is 13.6. The number of nitrogens with one attached hydrogen (secondary N) is 1. The number of amides is 2. The van der Waals surface area contributed by atoms with Gasteiger partial charge in [0, 0.05) is 18.6 Å². The third kappa shape index (κ3) is 3.78. The van der Waals surface area contributed by atoms with Crippen LogP contribution < -0.4 is 5.32 Å². The lowest BCUT2D eigenvalue weighted by atomic mass is 9.97. The van der Waals surface area contributed by atoms with Gasteiger partial charge in [0.15, 0.2) is 6.10 Å². The minimum Gasteiger partial charge on any atom is -0.356 e. The number of likely N-dealkylation sites (N-methyl/N-ethyl adjacent to an activating group) is 1. The second kappa shape index (κ2) is 7.61. The Labute approximate surface area is 135 Å². The van der Waals surface area contributed by atoms with E-state index in [0.29, 0.717) is 11.6 Å². The minimum absolute atomic E-state index is 0.0769. The second-order valence-corrected chi connectivity index (χ2v) is 5.81. The van der Waals surface area contributed by atoms with Crippen molar-refractivity contribution < 1.29 is 14.3 Å². The van der Waals surface area contributed by atoms with Crippen LogP contribution in [0.5, 0.6) is 0 Å². The largest absolute Gasteiger partial charge is 0.356 e. The van der Waals surface area contributed by atoms with Crippen LogP contribution >= 0.6 is 11.6 Å². The lowest BCUT2D eigenvalue weighted by Crippen LogP contribution is -2.53. The van der Waals surface area contributed by atoms with Gasteiger partial charge in [0.1, 0.15) is 6.61 Å². The van der Waals surface area contributed by atoms with Crippen molar-refractivity contribution >= 4 is 23.4 Å². The van der Waals surface area contributed by atoms with Gasteiger partial charge in [-0.3, -0.25) is 9.59 Å². The summed E-state index contributed by atoms with van der Waals surface area (Å²) in [4.78, 5) is 25.9. The monoisotopic (exact) mass is 324 g/mol. The van der Waals surface area contributed by atoms with E-state index in [0.717, 1.165) is 18.4 Å². The molecule has 1 aliphatic heterocycles. The number of hydrogen-bond donors (Lipinski definition) is 1. The summed E-state index contributed by atoms with van der Waals surface area (Å²) >= 11 is 5.91. The number of unbranched alkanes of at least 4 members (excludes halogenated alkanes) is 1. The molecule has 1 fully saturated rings. The molecule has 1 aromatic carbocycles. The van der Waals surface area contributed by atoms with E-state index in [1.165, 1.54) is 0 Å². The molecule has 2 amide bonds. The summed E-state index contributed by atoms with van der Waals surface area (Å²) in [5.41, 5.74) is 0.829. The van der Waals surface area contributed by atoms with Crippen molar-refractivity contribution in [2.75, 3.05) is 20.2 Å². The summed E-state index contributed by atoms with van der Waals surface area (Å²) in [7, 11) is 1.69. The molecule has 1 aromatic rings. The number of carbonyl (C=O) groups is 2. The van der Waals surface area contributed by atoms with E-state index < -0.39 is 12.1 Å². The van der Waals surface area contributed by atoms with Crippen molar-refractivity contribution in [1.82, 2.24) is 10.2 Å². The molecule has 5 nitrogen and oxygen atoms in total. The molecule has 0 unspecified atom stereocenters. The van der Waals surface area contributed by atoms with Crippen molar-refractivity contribution in [2.45, 2.75) is 31.9 Å². The summed E-state index contributed by atoms with van der Waals surface area (Å²) in [6.45, 7) is 2.60. The van der Waals surface area contributed by atoms with Crippen LogP contribution in [0.1, 0.15) is 31.4 Å². The topological polar surface area (TPSA) is 58.6 Å². The highest BCUT2D eigenvalue weighted by atomic mass is 35.5. The number of hydrogen-bond acceptors (Lipinski definition) is 3. The van der Waals surface area contributed by atoms with Gasteiger partial charge >= 0.3 is 0 Å². The third-order valence-corrected chi connectivity index (χ3v) is 4.04. The number of nitrogens with zero attached hydrogens (tertiary/aromatic N) is 1. The van der Waals surface area contributed by atoms with Crippen LogP contribution in [0, 0.1) is 0 Å². The van der Waals surface area contributed by atoms with Crippen molar-refractivity contribution in [1.29, 1.82) is 0 Å². The SMILES string of the molecule is CCCCNC(=O)[C@H]1OCC(=O)N(C)[C@H]1c1ccc(Cl)cc1. The molecule has 0 spiro atoms. The Morgan fingerprint density at radius 3 is 2.73 bits per heavy atom. The first-order valence-electron chi connectivity index (χ1n) is 7.45. The van der Waals surface area contributed by atoms with Crippen molar-refractivity contribution in [2.24, 2.45) is 0 Å². The summed E-state index contributed by atoms with van der Waals surface area (Å²) in [6.07, 6.45) is 1.21. The van der Waals surface area contributed by atoms with E-state index in [1.807, 2.05) is 12.1 Å². The maximum absolute atomic E-state index is 12.4. The first-order valence-corrected chi connectivity index (χ1v) is 7.82. The summed E-state index contributed by atoms with van der Waals surface area (Å²) in [6, 6.07) is 6.68. The molecule has 2 atom stereocenters. The van der Waals surface area contributed by atoms with Gasteiger partial charge in [0.25, 0.3) is 5.91 Å². The van der Waals surface area contributed by atoms with Gasteiger partial charge in [-0.2, -0.15) is 0 Å². The molecular weight excluding hydrogens is 304 g/mol. The number of halogens is 1. The fraction of sp³-hybridized carbons (Fsp3) is 0.500. The molecule has 0 aromatic heterocycles. The zero-order valence-electron chi connectivity index (χ0n) is 12.8. The predicted molar refractivity (Wildman–Crippen MR) is 84.6 cm³/mol. The van der Waals surface area contributed by atoms with Crippen molar-refractivity contribution in [3.05, 3.63) is 34.9 Å². The molecular formula is C16H21ClN2O3. The Balaban J connectivity index is 2.20. The minimum atomic E-state index is -0.708. The molecule has 0 bridgehead atoms. The highest BCUT2D eigenvalue weighted by Crippen LogP contribution is 2.30. The Bertz CT molecular complexity index is 533. The summed E-state index contributed by atoms with van der Waals surface area (Å²) < 4.78 is 5.51. The van der Waals surface area contributed by atoms with E-state index in [1.54, 1.807) is 24.1 Å². The smallest absolute Gasteiger partial charge is 0.251 e. The molecule has 1 aliphatic rings. The maximum Gasteiger partial charge on any atom is 0.251 e. The van der Waals surface area contributed by atoms with E-state index >= 15 is 0 Å². The average molecular weight is 325 g/mol. The fourth-order valence-corrected chi connectivity index (χ4v) is 2.60. The zero-order chi connectivity index (χ0) is 16.1. The van der Waals surface area contributed by atoms with Crippen molar-refractivity contribution in [3.8, 4) is 0 Å². The maximum atomic E-state index is 12.4. The Kier molecular flexibility index (Phi) is 5.80. The van der Waals surface area contributed by atoms with Crippen LogP contribution in [0.4, 0.5) is 0 Å². The van der Waals surface area contributed by atoms with E-state index in [4.69, 9.17) is 16.3 Å². The van der Waals surface area contributed by atoms with Crippen LogP contribution in [0.2, 0.25) is 5.02 Å². The van der Waals surface area contributed by atoms with Gasteiger partial charge in [0.05, 0.1) is 6.04 Å². The van der Waals surface area contributed by atoms with Crippen LogP contribution in [0.3, 0.4) is 0 Å². The highest BCUT2D eigenvalue weighted by molar-refractivity contribution is 6.30. The number of benzene rings is 1. The van der Waals surface area contributed by atoms with Gasteiger partial charge in [-0.25, -0.2) is 0 Å². The van der Waals surface area contributed by atoms with Crippen LogP contribution in [-0.2, 0) is 14.3 Å². The molecule has 1 N–H and O–H groups in total. The molecule has 120 valence electrons. The number of rotatable bonds is 5. The Hall–Kier alpha value is -1.59. The number of morpholine rings is 1. The third-order valence-electron chi connectivity index (χ3n) is 3.78.